The summed E-state index contributed by atoms with van der Waals surface area (Å²) in [5.41, 5.74) is 0.791. The lowest BCUT2D eigenvalue weighted by molar-refractivity contribution is -0.274. The standard InChI is InChI=1S/C25H20ClF3N4O6S/c1-3-24(34)33(23-8-7-17(14-30-23)40(35,36)32-22-9-10-38-31-22)20-13-19(26)18(12-21(20)37-2)15-5-4-6-16(11-15)39-25(27,28)29/h4-14H,3H2,1-2H3,(H,31,32). The molecule has 0 atom stereocenters. The van der Waals surface area contributed by atoms with Gasteiger partial charge in [-0.25, -0.2) is 13.4 Å². The summed E-state index contributed by atoms with van der Waals surface area (Å²) < 4.78 is 79.7. The summed E-state index contributed by atoms with van der Waals surface area (Å²) in [4.78, 5) is 18.2. The number of alkyl halides is 3. The van der Waals surface area contributed by atoms with Crippen molar-refractivity contribution >= 4 is 44.9 Å². The molecule has 0 saturated heterocycles. The van der Waals surface area contributed by atoms with Crippen LogP contribution in [0.2, 0.25) is 5.02 Å². The van der Waals surface area contributed by atoms with Gasteiger partial charge in [0.25, 0.3) is 10.0 Å². The number of hydrogen-bond acceptors (Lipinski definition) is 8. The molecule has 2 aromatic heterocycles. The quantitative estimate of drug-likeness (QED) is 0.243. The molecule has 0 fully saturated rings. The minimum Gasteiger partial charge on any atom is -0.495 e. The molecule has 0 unspecified atom stereocenters. The highest BCUT2D eigenvalue weighted by molar-refractivity contribution is 7.92. The van der Waals surface area contributed by atoms with Crippen molar-refractivity contribution in [1.29, 1.82) is 0 Å². The normalized spacial score (nSPS) is 11.7. The van der Waals surface area contributed by atoms with Gasteiger partial charge in [-0.2, -0.15) is 0 Å². The first-order valence-electron chi connectivity index (χ1n) is 11.4. The Morgan fingerprint density at radius 2 is 1.93 bits per heavy atom. The lowest BCUT2D eigenvalue weighted by Crippen LogP contribution is -2.26. The highest BCUT2D eigenvalue weighted by Crippen LogP contribution is 2.42. The first-order chi connectivity index (χ1) is 18.9. The van der Waals surface area contributed by atoms with Gasteiger partial charge < -0.3 is 14.0 Å². The number of pyridine rings is 1. The van der Waals surface area contributed by atoms with Crippen molar-refractivity contribution in [3.63, 3.8) is 0 Å². The summed E-state index contributed by atoms with van der Waals surface area (Å²) in [6.07, 6.45) is -2.58. The average Bonchev–Trinajstić information content (AvgIpc) is 3.40. The van der Waals surface area contributed by atoms with Crippen LogP contribution in [0, 0.1) is 0 Å². The van der Waals surface area contributed by atoms with Gasteiger partial charge in [0.15, 0.2) is 5.82 Å². The van der Waals surface area contributed by atoms with Gasteiger partial charge in [0.1, 0.15) is 28.5 Å². The molecule has 2 heterocycles. The van der Waals surface area contributed by atoms with Gasteiger partial charge >= 0.3 is 6.36 Å². The number of sulfonamides is 1. The van der Waals surface area contributed by atoms with E-state index in [0.29, 0.717) is 11.1 Å². The first-order valence-corrected chi connectivity index (χ1v) is 13.2. The fourth-order valence-corrected chi connectivity index (χ4v) is 4.84. The van der Waals surface area contributed by atoms with E-state index in [0.717, 1.165) is 18.3 Å². The molecule has 1 amide bonds. The van der Waals surface area contributed by atoms with Gasteiger partial charge in [0.05, 0.1) is 17.8 Å². The molecule has 4 rings (SSSR count). The maximum absolute atomic E-state index is 13.0. The van der Waals surface area contributed by atoms with Crippen molar-refractivity contribution in [3.05, 3.63) is 72.1 Å². The van der Waals surface area contributed by atoms with Crippen LogP contribution in [0.1, 0.15) is 13.3 Å². The largest absolute Gasteiger partial charge is 0.573 e. The number of rotatable bonds is 9. The van der Waals surface area contributed by atoms with E-state index in [1.807, 2.05) is 0 Å². The molecule has 2 aromatic carbocycles. The Kier molecular flexibility index (Phi) is 8.21. The second kappa shape index (κ2) is 11.4. The molecule has 10 nitrogen and oxygen atoms in total. The van der Waals surface area contributed by atoms with Gasteiger partial charge in [-0.15, -0.1) is 13.2 Å². The average molecular weight is 597 g/mol. The van der Waals surface area contributed by atoms with Gasteiger partial charge in [-0.3, -0.25) is 14.4 Å². The SMILES string of the molecule is CCC(=O)N(c1ccc(S(=O)(=O)Nc2ccon2)cn1)c1cc(Cl)c(-c2cccc(OC(F)(F)F)c2)cc1OC. The Labute approximate surface area is 231 Å². The summed E-state index contributed by atoms with van der Waals surface area (Å²) in [6.45, 7) is 1.62. The smallest absolute Gasteiger partial charge is 0.495 e. The van der Waals surface area contributed by atoms with Crippen LogP contribution < -0.4 is 19.1 Å². The van der Waals surface area contributed by atoms with Crippen LogP contribution in [0.3, 0.4) is 0 Å². The van der Waals surface area contributed by atoms with E-state index in [1.54, 1.807) is 6.92 Å². The van der Waals surface area contributed by atoms with E-state index >= 15 is 0 Å². The molecule has 40 heavy (non-hydrogen) atoms. The van der Waals surface area contributed by atoms with Crippen LogP contribution >= 0.6 is 11.6 Å². The number of amides is 1. The molecular weight excluding hydrogens is 577 g/mol. The number of ether oxygens (including phenoxy) is 2. The number of nitrogens with zero attached hydrogens (tertiary/aromatic N) is 3. The Balaban J connectivity index is 1.72. The number of carbonyl (C=O) groups excluding carboxylic acids is 1. The molecule has 0 radical (unpaired) electrons. The van der Waals surface area contributed by atoms with Crippen molar-refractivity contribution in [2.75, 3.05) is 16.7 Å². The molecule has 0 saturated carbocycles. The monoisotopic (exact) mass is 596 g/mol. The molecule has 0 aliphatic rings. The van der Waals surface area contributed by atoms with Crippen molar-refractivity contribution in [2.24, 2.45) is 0 Å². The van der Waals surface area contributed by atoms with E-state index in [4.69, 9.17) is 16.3 Å². The minimum atomic E-state index is -4.88. The number of nitrogens with one attached hydrogen (secondary N) is 1. The van der Waals surface area contributed by atoms with Gasteiger partial charge in [0.2, 0.25) is 5.91 Å². The van der Waals surface area contributed by atoms with Crippen LogP contribution in [-0.4, -0.2) is 37.9 Å². The number of hydrogen-bond donors (Lipinski definition) is 1. The summed E-state index contributed by atoms with van der Waals surface area (Å²) in [7, 11) is -2.71. The maximum Gasteiger partial charge on any atom is 0.573 e. The number of carbonyl (C=O) groups is 1. The number of aromatic nitrogens is 2. The third kappa shape index (κ3) is 6.46. The Bertz CT molecular complexity index is 1610. The van der Waals surface area contributed by atoms with Crippen molar-refractivity contribution in [2.45, 2.75) is 24.6 Å². The number of benzene rings is 2. The number of anilines is 3. The predicted octanol–water partition coefficient (Wildman–Crippen LogP) is 6.17. The second-order valence-electron chi connectivity index (χ2n) is 8.00. The fraction of sp³-hybridized carbons (Fsp3) is 0.160. The molecule has 1 N–H and O–H groups in total. The lowest BCUT2D eigenvalue weighted by Gasteiger charge is -2.24. The lowest BCUT2D eigenvalue weighted by atomic mass is 10.0. The molecule has 210 valence electrons. The zero-order chi connectivity index (χ0) is 29.1. The van der Waals surface area contributed by atoms with Crippen molar-refractivity contribution in [1.82, 2.24) is 10.1 Å². The summed E-state index contributed by atoms with van der Waals surface area (Å²) in [5.74, 6) is -0.679. The van der Waals surface area contributed by atoms with Crippen LogP contribution in [0.5, 0.6) is 11.5 Å². The third-order valence-electron chi connectivity index (χ3n) is 5.38. The van der Waals surface area contributed by atoms with E-state index in [2.05, 4.69) is 24.1 Å². The fourth-order valence-electron chi connectivity index (χ4n) is 3.63. The van der Waals surface area contributed by atoms with E-state index < -0.39 is 28.0 Å². The van der Waals surface area contributed by atoms with Crippen molar-refractivity contribution in [3.8, 4) is 22.6 Å². The molecule has 0 aliphatic carbocycles. The molecule has 0 aliphatic heterocycles. The van der Waals surface area contributed by atoms with Crippen LogP contribution in [0.15, 0.2) is 76.5 Å². The minimum absolute atomic E-state index is 0.0261. The van der Waals surface area contributed by atoms with E-state index in [-0.39, 0.29) is 39.4 Å². The number of methoxy groups -OCH3 is 1. The predicted molar refractivity (Wildman–Crippen MR) is 139 cm³/mol. The second-order valence-corrected chi connectivity index (χ2v) is 10.1. The maximum atomic E-state index is 13.0. The zero-order valence-electron chi connectivity index (χ0n) is 20.8. The first kappa shape index (κ1) is 28.7. The summed E-state index contributed by atoms with van der Waals surface area (Å²) in [5, 5.41) is 3.59. The van der Waals surface area contributed by atoms with Gasteiger partial charge in [0, 0.05) is 24.2 Å². The molecule has 15 heteroatoms. The summed E-state index contributed by atoms with van der Waals surface area (Å²) >= 11 is 6.53. The highest BCUT2D eigenvalue weighted by atomic mass is 35.5. The highest BCUT2D eigenvalue weighted by Gasteiger charge is 2.31. The Morgan fingerprint density at radius 1 is 1.15 bits per heavy atom. The molecular formula is C25H20ClF3N4O6S. The Morgan fingerprint density at radius 3 is 2.52 bits per heavy atom. The third-order valence-corrected chi connectivity index (χ3v) is 7.03. The van der Waals surface area contributed by atoms with Crippen molar-refractivity contribution < 1.29 is 40.4 Å². The topological polar surface area (TPSA) is 124 Å². The Hall–Kier alpha value is -4.30. The molecule has 4 aromatic rings. The number of halogens is 4. The molecule has 0 bridgehead atoms. The van der Waals surface area contributed by atoms with Gasteiger partial charge in [-0.1, -0.05) is 35.8 Å². The van der Waals surface area contributed by atoms with E-state index in [1.165, 1.54) is 60.7 Å². The van der Waals surface area contributed by atoms with Crippen LogP contribution in [0.25, 0.3) is 11.1 Å². The van der Waals surface area contributed by atoms with E-state index in [9.17, 15) is 26.4 Å². The summed E-state index contributed by atoms with van der Waals surface area (Å²) in [6, 6.07) is 12.0. The zero-order valence-corrected chi connectivity index (χ0v) is 22.3. The van der Waals surface area contributed by atoms with Crippen LogP contribution in [0.4, 0.5) is 30.5 Å². The van der Waals surface area contributed by atoms with Crippen LogP contribution in [-0.2, 0) is 14.8 Å². The van der Waals surface area contributed by atoms with Gasteiger partial charge in [-0.05, 0) is 42.0 Å². The molecule has 0 spiro atoms.